The Hall–Kier alpha value is -3.23. The number of hydrogen-bond acceptors (Lipinski definition) is 7. The van der Waals surface area contributed by atoms with Gasteiger partial charge >= 0.3 is 18.0 Å². The van der Waals surface area contributed by atoms with Crippen LogP contribution < -0.4 is 5.32 Å². The number of carbonyl (C=O) groups is 4. The molecule has 1 aliphatic heterocycles. The Morgan fingerprint density at radius 1 is 1.16 bits per heavy atom. The van der Waals surface area contributed by atoms with Crippen LogP contribution in [0.1, 0.15) is 57.9 Å². The number of unbranched alkanes of at least 4 members (excludes halogenated alkanes) is 3. The first-order valence-electron chi connectivity index (χ1n) is 11.0. The molecule has 9 nitrogen and oxygen atoms in total. The molecule has 1 aromatic rings. The summed E-state index contributed by atoms with van der Waals surface area (Å²) >= 11 is 0. The molecule has 0 spiro atoms. The maximum absolute atomic E-state index is 12.2. The predicted octanol–water partition coefficient (Wildman–Crippen LogP) is 2.97. The maximum atomic E-state index is 12.2. The van der Waals surface area contributed by atoms with Crippen molar-refractivity contribution in [1.82, 2.24) is 10.3 Å². The highest BCUT2D eigenvalue weighted by Gasteiger charge is 2.38. The van der Waals surface area contributed by atoms with E-state index in [1.165, 1.54) is 13.1 Å². The third-order valence-corrected chi connectivity index (χ3v) is 4.90. The van der Waals surface area contributed by atoms with Crippen LogP contribution in [-0.4, -0.2) is 53.9 Å². The van der Waals surface area contributed by atoms with Gasteiger partial charge in [-0.3, -0.25) is 19.7 Å². The number of imide groups is 1. The van der Waals surface area contributed by atoms with Crippen LogP contribution in [0.15, 0.2) is 35.4 Å². The summed E-state index contributed by atoms with van der Waals surface area (Å²) in [7, 11) is 0. The molecule has 0 saturated carbocycles. The van der Waals surface area contributed by atoms with Gasteiger partial charge in [-0.05, 0) is 25.3 Å². The molecule has 3 amide bonds. The van der Waals surface area contributed by atoms with Crippen LogP contribution in [0.3, 0.4) is 0 Å². The van der Waals surface area contributed by atoms with Crippen molar-refractivity contribution >= 4 is 30.1 Å². The first kappa shape index (κ1) is 25.0. The Morgan fingerprint density at radius 2 is 1.88 bits per heavy atom. The summed E-state index contributed by atoms with van der Waals surface area (Å²) in [6.45, 7) is 3.46. The Balaban J connectivity index is 1.89. The summed E-state index contributed by atoms with van der Waals surface area (Å²) in [6, 6.07) is 8.15. The maximum Gasteiger partial charge on any atom is 0.345 e. The lowest BCUT2D eigenvalue weighted by Gasteiger charge is -2.18. The smallest absolute Gasteiger partial charge is 0.345 e. The van der Waals surface area contributed by atoms with Crippen LogP contribution in [0, 0.1) is 0 Å². The summed E-state index contributed by atoms with van der Waals surface area (Å²) < 4.78 is 10.2. The van der Waals surface area contributed by atoms with E-state index in [-0.39, 0.29) is 5.97 Å². The van der Waals surface area contributed by atoms with Crippen LogP contribution in [-0.2, 0) is 30.3 Å². The molecule has 1 N–H and O–H groups in total. The number of nitrogens with one attached hydrogen (secondary N) is 1. The van der Waals surface area contributed by atoms with Gasteiger partial charge < -0.3 is 9.47 Å². The van der Waals surface area contributed by atoms with Crippen LogP contribution in [0.2, 0.25) is 0 Å². The van der Waals surface area contributed by atoms with E-state index in [4.69, 9.17) is 9.47 Å². The number of benzene rings is 1. The second-order valence-electron chi connectivity index (χ2n) is 7.51. The number of carbonyl (C=O) groups excluding carboxylic acids is 4. The van der Waals surface area contributed by atoms with Crippen molar-refractivity contribution in [2.24, 2.45) is 5.10 Å². The summed E-state index contributed by atoms with van der Waals surface area (Å²) in [5.74, 6) is -1.06. The highest BCUT2D eigenvalue weighted by atomic mass is 16.5. The average Bonchev–Trinajstić information content (AvgIpc) is 3.01. The van der Waals surface area contributed by atoms with Crippen molar-refractivity contribution in [3.05, 3.63) is 35.9 Å². The zero-order chi connectivity index (χ0) is 23.3. The van der Waals surface area contributed by atoms with Crippen LogP contribution >= 0.6 is 0 Å². The fourth-order valence-electron chi connectivity index (χ4n) is 3.41. The van der Waals surface area contributed by atoms with Gasteiger partial charge in [-0.2, -0.15) is 5.10 Å². The second-order valence-corrected chi connectivity index (χ2v) is 7.51. The quantitative estimate of drug-likeness (QED) is 0.216. The Morgan fingerprint density at radius 3 is 2.56 bits per heavy atom. The van der Waals surface area contributed by atoms with Gasteiger partial charge in [0.1, 0.15) is 12.1 Å². The minimum Gasteiger partial charge on any atom is -0.466 e. The number of nitrogens with zero attached hydrogens (tertiary/aromatic N) is 2. The van der Waals surface area contributed by atoms with E-state index in [9.17, 15) is 19.2 Å². The Bertz CT molecular complexity index is 811. The van der Waals surface area contributed by atoms with E-state index in [1.807, 2.05) is 30.3 Å². The van der Waals surface area contributed by atoms with Gasteiger partial charge in [-0.25, -0.2) is 9.80 Å². The minimum absolute atomic E-state index is 0.202. The molecule has 1 heterocycles. The Labute approximate surface area is 188 Å². The molecule has 0 bridgehead atoms. The molecule has 1 fully saturated rings. The molecule has 174 valence electrons. The molecular formula is C23H31N3O6. The Kier molecular flexibility index (Phi) is 10.4. The second kappa shape index (κ2) is 13.2. The standard InChI is InChI=1S/C23H31N3O6/c1-3-31-21(28)14-10-5-4-9-13-20-22(29)25-23(30)26(20)24-16-19(32-17(2)27)15-18-11-7-6-8-12-18/h6-8,11-12,16,19-20H,3-5,9-10,13-15H2,1-2H3,(H,25,29,30)/b24-16+. The summed E-state index contributed by atoms with van der Waals surface area (Å²) in [6.07, 6.45) is 5.03. The van der Waals surface area contributed by atoms with E-state index in [2.05, 4.69) is 10.4 Å². The molecule has 0 radical (unpaired) electrons. The molecule has 0 aromatic heterocycles. The lowest BCUT2D eigenvalue weighted by atomic mass is 10.1. The van der Waals surface area contributed by atoms with Gasteiger partial charge in [0.25, 0.3) is 5.91 Å². The predicted molar refractivity (Wildman–Crippen MR) is 118 cm³/mol. The lowest BCUT2D eigenvalue weighted by molar-refractivity contribution is -0.144. The third-order valence-electron chi connectivity index (χ3n) is 4.90. The largest absolute Gasteiger partial charge is 0.466 e. The van der Waals surface area contributed by atoms with Gasteiger partial charge in [-0.15, -0.1) is 0 Å². The zero-order valence-corrected chi connectivity index (χ0v) is 18.6. The number of hydrogen-bond donors (Lipinski definition) is 1. The van der Waals surface area contributed by atoms with Gasteiger partial charge in [0.2, 0.25) is 0 Å². The molecular weight excluding hydrogens is 414 g/mol. The SMILES string of the molecule is CCOC(=O)CCCCCCC1C(=O)NC(=O)N1/N=C/C(Cc1ccccc1)OC(C)=O. The average molecular weight is 446 g/mol. The van der Waals surface area contributed by atoms with Gasteiger partial charge in [0.05, 0.1) is 12.8 Å². The summed E-state index contributed by atoms with van der Waals surface area (Å²) in [4.78, 5) is 47.2. The van der Waals surface area contributed by atoms with E-state index in [0.717, 1.165) is 29.8 Å². The normalized spacial score (nSPS) is 16.8. The van der Waals surface area contributed by atoms with Crippen LogP contribution in [0.25, 0.3) is 0 Å². The number of urea groups is 1. The number of amides is 3. The van der Waals surface area contributed by atoms with Crippen molar-refractivity contribution in [1.29, 1.82) is 0 Å². The first-order valence-corrected chi connectivity index (χ1v) is 11.0. The van der Waals surface area contributed by atoms with Crippen LogP contribution in [0.4, 0.5) is 4.79 Å². The number of rotatable bonds is 13. The van der Waals surface area contributed by atoms with Crippen molar-refractivity contribution in [2.45, 2.75) is 70.9 Å². The molecule has 32 heavy (non-hydrogen) atoms. The van der Waals surface area contributed by atoms with Gasteiger partial charge in [-0.1, -0.05) is 49.6 Å². The minimum atomic E-state index is -0.710. The molecule has 2 atom stereocenters. The third kappa shape index (κ3) is 8.49. The molecule has 9 heteroatoms. The van der Waals surface area contributed by atoms with E-state index in [1.54, 1.807) is 6.92 Å². The van der Waals surface area contributed by atoms with Crippen molar-refractivity contribution in [2.75, 3.05) is 6.61 Å². The highest BCUT2D eigenvalue weighted by Crippen LogP contribution is 2.17. The summed E-state index contributed by atoms with van der Waals surface area (Å²) in [5, 5.41) is 7.57. The number of esters is 2. The van der Waals surface area contributed by atoms with Gasteiger partial charge in [0.15, 0.2) is 0 Å². The number of hydrazone groups is 1. The van der Waals surface area contributed by atoms with Crippen LogP contribution in [0.5, 0.6) is 0 Å². The van der Waals surface area contributed by atoms with E-state index >= 15 is 0 Å². The lowest BCUT2D eigenvalue weighted by Crippen LogP contribution is -2.32. The molecule has 1 aliphatic rings. The van der Waals surface area contributed by atoms with E-state index < -0.39 is 30.1 Å². The van der Waals surface area contributed by atoms with E-state index in [0.29, 0.717) is 32.3 Å². The van der Waals surface area contributed by atoms with Crippen molar-refractivity contribution < 1.29 is 28.7 Å². The highest BCUT2D eigenvalue weighted by molar-refractivity contribution is 6.04. The topological polar surface area (TPSA) is 114 Å². The summed E-state index contributed by atoms with van der Waals surface area (Å²) in [5.41, 5.74) is 0.950. The molecule has 0 aliphatic carbocycles. The van der Waals surface area contributed by atoms with Crippen molar-refractivity contribution in [3.63, 3.8) is 0 Å². The monoisotopic (exact) mass is 445 g/mol. The van der Waals surface area contributed by atoms with Gasteiger partial charge in [0, 0.05) is 19.8 Å². The molecule has 1 aromatic carbocycles. The molecule has 1 saturated heterocycles. The molecule has 2 unspecified atom stereocenters. The molecule has 2 rings (SSSR count). The van der Waals surface area contributed by atoms with Crippen molar-refractivity contribution in [3.8, 4) is 0 Å². The first-order chi connectivity index (χ1) is 15.4. The number of ether oxygens (including phenoxy) is 2. The fourth-order valence-corrected chi connectivity index (χ4v) is 3.41. The zero-order valence-electron chi connectivity index (χ0n) is 18.6. The fraction of sp³-hybridized carbons (Fsp3) is 0.522.